The van der Waals surface area contributed by atoms with E-state index in [0.717, 1.165) is 30.8 Å². The molecule has 11 heavy (non-hydrogen) atoms. The maximum Gasteiger partial charge on any atom is 0.452 e. The monoisotopic (exact) mass is 176 g/mol. The molecular weight excluding hydrogens is 169 g/mol. The molecule has 0 bridgehead atoms. The predicted octanol–water partition coefficient (Wildman–Crippen LogP) is 2.04. The van der Waals surface area contributed by atoms with E-state index in [1.807, 2.05) is 0 Å². The second-order valence-electron chi connectivity index (χ2n) is 2.40. The minimum atomic E-state index is -4.22. The molecule has 1 aromatic rings. The lowest BCUT2D eigenvalue weighted by Gasteiger charge is -2.05. The normalized spacial score (nSPS) is 11.6. The van der Waals surface area contributed by atoms with Crippen molar-refractivity contribution in [1.29, 1.82) is 0 Å². The Labute approximate surface area is 64.0 Å². The van der Waals surface area contributed by atoms with Gasteiger partial charge in [0.15, 0.2) is 0 Å². The second-order valence-corrected chi connectivity index (χ2v) is 4.75. The number of benzene rings is 1. The number of hydrogen-bond acceptors (Lipinski definition) is 0. The molecule has 0 saturated heterocycles. The first-order chi connectivity index (χ1) is 5.00. The molecule has 0 nitrogen and oxygen atoms in total. The zero-order valence-electron chi connectivity index (χ0n) is 5.94. The van der Waals surface area contributed by atoms with E-state index in [9.17, 15) is 12.6 Å². The Bertz CT molecular complexity index is 237. The first-order valence-electron chi connectivity index (χ1n) is 3.14. The van der Waals surface area contributed by atoms with Gasteiger partial charge in [-0.3, -0.25) is 8.22 Å². The third-order valence-electron chi connectivity index (χ3n) is 1.35. The van der Waals surface area contributed by atoms with Gasteiger partial charge in [-0.15, -0.1) is 0 Å². The third kappa shape index (κ3) is 2.08. The van der Waals surface area contributed by atoms with Crippen LogP contribution in [0.15, 0.2) is 24.3 Å². The molecule has 0 aromatic heterocycles. The molecule has 0 atom stereocenters. The Balaban J connectivity index is 2.99. The van der Waals surface area contributed by atoms with E-state index in [2.05, 4.69) is 0 Å². The zero-order valence-corrected chi connectivity index (χ0v) is 6.94. The second kappa shape index (κ2) is 2.69. The van der Waals surface area contributed by atoms with Gasteiger partial charge >= 0.3 is 8.74 Å². The van der Waals surface area contributed by atoms with E-state index < -0.39 is 14.6 Å². The van der Waals surface area contributed by atoms with Crippen LogP contribution in [0.3, 0.4) is 0 Å². The fourth-order valence-electron chi connectivity index (χ4n) is 0.743. The Morgan fingerprint density at radius 2 is 1.55 bits per heavy atom. The third-order valence-corrected chi connectivity index (χ3v) is 2.70. The van der Waals surface area contributed by atoms with Crippen molar-refractivity contribution in [2.24, 2.45) is 0 Å². The van der Waals surface area contributed by atoms with Gasteiger partial charge in [-0.1, -0.05) is 12.1 Å². The quantitative estimate of drug-likeness (QED) is 0.454. The summed E-state index contributed by atoms with van der Waals surface area (Å²) >= 11 is 0. The molecule has 60 valence electrons. The maximum absolute atomic E-state index is 12.6. The highest BCUT2D eigenvalue weighted by molar-refractivity contribution is 6.78. The molecule has 4 heteroatoms. The van der Waals surface area contributed by atoms with E-state index in [1.54, 1.807) is 0 Å². The first kappa shape index (κ1) is 8.32. The number of rotatable bonds is 1. The number of hydrogen-bond donors (Lipinski definition) is 0. The summed E-state index contributed by atoms with van der Waals surface area (Å²) in [6.45, 7) is 0.917. The van der Waals surface area contributed by atoms with E-state index in [4.69, 9.17) is 0 Å². The van der Waals surface area contributed by atoms with E-state index in [0.29, 0.717) is 0 Å². The smallest absolute Gasteiger partial charge is 0.265 e. The molecule has 0 saturated carbocycles. The van der Waals surface area contributed by atoms with Crippen molar-refractivity contribution in [3.63, 3.8) is 0 Å². The summed E-state index contributed by atoms with van der Waals surface area (Å²) in [7, 11) is -4.22. The van der Waals surface area contributed by atoms with Crippen LogP contribution in [0.25, 0.3) is 0 Å². The van der Waals surface area contributed by atoms with Crippen molar-refractivity contribution in [1.82, 2.24) is 0 Å². The van der Waals surface area contributed by atoms with Crippen LogP contribution in [0.4, 0.5) is 12.6 Å². The summed E-state index contributed by atoms with van der Waals surface area (Å²) in [4.78, 5) is 0. The van der Waals surface area contributed by atoms with Crippen molar-refractivity contribution in [3.8, 4) is 0 Å². The van der Waals surface area contributed by atoms with Gasteiger partial charge in [0.05, 0.1) is 0 Å². The van der Waals surface area contributed by atoms with Gasteiger partial charge in [0, 0.05) is 5.19 Å². The molecule has 0 aliphatic heterocycles. The Morgan fingerprint density at radius 1 is 1.09 bits per heavy atom. The molecule has 1 aromatic carbocycles. The Kier molecular flexibility index (Phi) is 2.04. The molecular formula is C7H7F3Si. The highest BCUT2D eigenvalue weighted by Crippen LogP contribution is 2.06. The van der Waals surface area contributed by atoms with Gasteiger partial charge in [-0.2, -0.15) is 0 Å². The standard InChI is InChI=1S/C7H7F3Si/c1-11(9,10)7-4-2-6(8)3-5-7/h2-5H,1H3. The van der Waals surface area contributed by atoms with Crippen molar-refractivity contribution in [2.45, 2.75) is 6.55 Å². The number of halogens is 3. The van der Waals surface area contributed by atoms with Crippen molar-refractivity contribution in [3.05, 3.63) is 30.1 Å². The lowest BCUT2D eigenvalue weighted by molar-refractivity contribution is 0.625. The minimum absolute atomic E-state index is 0.0288. The van der Waals surface area contributed by atoms with Crippen LogP contribution in [-0.4, -0.2) is 8.74 Å². The van der Waals surface area contributed by atoms with Crippen LogP contribution in [0.2, 0.25) is 6.55 Å². The first-order valence-corrected chi connectivity index (χ1v) is 5.39. The molecule has 0 radical (unpaired) electrons. The average Bonchev–Trinajstić information content (AvgIpc) is 1.86. The van der Waals surface area contributed by atoms with Gasteiger partial charge in [-0.25, -0.2) is 4.39 Å². The van der Waals surface area contributed by atoms with Crippen LogP contribution < -0.4 is 5.19 Å². The molecule has 0 spiro atoms. The molecule has 0 fully saturated rings. The molecule has 0 N–H and O–H groups in total. The summed E-state index contributed by atoms with van der Waals surface area (Å²) in [5, 5.41) is -0.0288. The predicted molar refractivity (Wildman–Crippen MR) is 39.9 cm³/mol. The molecule has 0 heterocycles. The van der Waals surface area contributed by atoms with Crippen LogP contribution in [-0.2, 0) is 0 Å². The largest absolute Gasteiger partial charge is 0.452 e. The van der Waals surface area contributed by atoms with Gasteiger partial charge in [0.2, 0.25) is 0 Å². The molecule has 0 unspecified atom stereocenters. The highest BCUT2D eigenvalue weighted by Gasteiger charge is 2.30. The van der Waals surface area contributed by atoms with Crippen LogP contribution in [0.5, 0.6) is 0 Å². The van der Waals surface area contributed by atoms with E-state index in [-0.39, 0.29) is 5.19 Å². The average molecular weight is 176 g/mol. The summed E-state index contributed by atoms with van der Waals surface area (Å²) in [5.41, 5.74) is 0. The Morgan fingerprint density at radius 3 is 1.91 bits per heavy atom. The van der Waals surface area contributed by atoms with Crippen molar-refractivity contribution < 1.29 is 12.6 Å². The van der Waals surface area contributed by atoms with E-state index in [1.165, 1.54) is 0 Å². The SMILES string of the molecule is C[Si](F)(F)c1ccc(F)cc1. The molecule has 0 amide bonds. The summed E-state index contributed by atoms with van der Waals surface area (Å²) in [6, 6.07) is 4.39. The molecule has 0 aliphatic carbocycles. The Hall–Kier alpha value is -0.773. The van der Waals surface area contributed by atoms with Crippen LogP contribution in [0.1, 0.15) is 0 Å². The molecule has 1 rings (SSSR count). The maximum atomic E-state index is 12.6. The molecule has 0 aliphatic rings. The van der Waals surface area contributed by atoms with Crippen LogP contribution in [0, 0.1) is 5.82 Å². The van der Waals surface area contributed by atoms with Gasteiger partial charge in [-0.05, 0) is 18.7 Å². The zero-order chi connectivity index (χ0) is 8.48. The lowest BCUT2D eigenvalue weighted by atomic mass is 10.3. The van der Waals surface area contributed by atoms with Gasteiger partial charge in [0.25, 0.3) is 0 Å². The minimum Gasteiger partial charge on any atom is -0.265 e. The summed E-state index contributed by atoms with van der Waals surface area (Å²) < 4.78 is 37.5. The fourth-order valence-corrected chi connectivity index (χ4v) is 1.49. The van der Waals surface area contributed by atoms with Gasteiger partial charge in [0.1, 0.15) is 5.82 Å². The fraction of sp³-hybridized carbons (Fsp3) is 0.143. The van der Waals surface area contributed by atoms with Crippen molar-refractivity contribution in [2.75, 3.05) is 0 Å². The summed E-state index contributed by atoms with van der Waals surface area (Å²) in [6.07, 6.45) is 0. The topological polar surface area (TPSA) is 0 Å². The van der Waals surface area contributed by atoms with E-state index >= 15 is 0 Å². The van der Waals surface area contributed by atoms with Gasteiger partial charge < -0.3 is 0 Å². The van der Waals surface area contributed by atoms with Crippen LogP contribution >= 0.6 is 0 Å². The highest BCUT2D eigenvalue weighted by atomic mass is 28.4. The lowest BCUT2D eigenvalue weighted by Crippen LogP contribution is -2.34. The van der Waals surface area contributed by atoms with Crippen molar-refractivity contribution >= 4 is 13.9 Å². The summed E-state index contributed by atoms with van der Waals surface area (Å²) in [5.74, 6) is -0.480.